The second-order valence-corrected chi connectivity index (χ2v) is 5.54. The highest BCUT2D eigenvalue weighted by atomic mass is 32.1. The fourth-order valence-corrected chi connectivity index (χ4v) is 2.64. The van der Waals surface area contributed by atoms with Gasteiger partial charge in [-0.15, -0.1) is 11.3 Å². The number of nitrogens with one attached hydrogen (secondary N) is 1. The van der Waals surface area contributed by atoms with Crippen molar-refractivity contribution in [2.24, 2.45) is 5.73 Å². The average Bonchev–Trinajstić information content (AvgIpc) is 2.88. The largest absolute Gasteiger partial charge is 0.462 e. The van der Waals surface area contributed by atoms with E-state index in [1.54, 1.807) is 20.1 Å². The van der Waals surface area contributed by atoms with E-state index in [1.807, 2.05) is 6.92 Å². The molecule has 3 N–H and O–H groups in total. The van der Waals surface area contributed by atoms with Crippen LogP contribution in [0.3, 0.4) is 0 Å². The number of aryl methyl sites for hydroxylation is 1. The number of ether oxygens (including phenoxy) is 2. The minimum atomic E-state index is -0.674. The Morgan fingerprint density at radius 3 is 2.71 bits per heavy atom. The van der Waals surface area contributed by atoms with Gasteiger partial charge in [0.15, 0.2) is 0 Å². The predicted octanol–water partition coefficient (Wildman–Crippen LogP) is 1.79. The Morgan fingerprint density at radius 2 is 2.14 bits per heavy atom. The molecule has 0 radical (unpaired) electrons. The predicted molar refractivity (Wildman–Crippen MR) is 82.8 cm³/mol. The molecule has 0 aliphatic heterocycles. The van der Waals surface area contributed by atoms with Gasteiger partial charge in [0.1, 0.15) is 5.00 Å². The van der Waals surface area contributed by atoms with Crippen molar-refractivity contribution in [2.75, 3.05) is 25.6 Å². The molecule has 1 heterocycles. The zero-order valence-electron chi connectivity index (χ0n) is 12.6. The highest BCUT2D eigenvalue weighted by Crippen LogP contribution is 2.29. The van der Waals surface area contributed by atoms with Crippen molar-refractivity contribution in [1.82, 2.24) is 0 Å². The number of carbonyl (C=O) groups is 2. The van der Waals surface area contributed by atoms with E-state index < -0.39 is 12.0 Å². The first kappa shape index (κ1) is 17.6. The fraction of sp³-hybridized carbons (Fsp3) is 0.571. The molecule has 7 heteroatoms. The number of methoxy groups -OCH3 is 1. The van der Waals surface area contributed by atoms with Crippen molar-refractivity contribution in [3.05, 3.63) is 16.5 Å². The Balaban J connectivity index is 2.83. The number of hydrogen-bond acceptors (Lipinski definition) is 6. The molecule has 0 fully saturated rings. The van der Waals surface area contributed by atoms with Crippen LogP contribution in [0.4, 0.5) is 5.00 Å². The Kier molecular flexibility index (Phi) is 7.35. The van der Waals surface area contributed by atoms with Gasteiger partial charge in [0, 0.05) is 18.6 Å². The third-order valence-corrected chi connectivity index (χ3v) is 4.03. The Labute approximate surface area is 128 Å². The zero-order chi connectivity index (χ0) is 15.8. The molecule has 0 aromatic carbocycles. The van der Waals surface area contributed by atoms with Crippen molar-refractivity contribution in [3.63, 3.8) is 0 Å². The number of hydrogen-bond donors (Lipinski definition) is 2. The van der Waals surface area contributed by atoms with Crippen LogP contribution >= 0.6 is 11.3 Å². The molecular formula is C14H22N2O4S. The van der Waals surface area contributed by atoms with Crippen molar-refractivity contribution < 1.29 is 19.1 Å². The summed E-state index contributed by atoms with van der Waals surface area (Å²) in [5, 5.41) is 3.20. The molecule has 0 bridgehead atoms. The Morgan fingerprint density at radius 1 is 1.43 bits per heavy atom. The summed E-state index contributed by atoms with van der Waals surface area (Å²) in [5.41, 5.74) is 6.15. The normalized spacial score (nSPS) is 12.0. The number of carbonyl (C=O) groups excluding carboxylic acids is 2. The van der Waals surface area contributed by atoms with Crippen LogP contribution in [0.15, 0.2) is 6.07 Å². The molecule has 1 aromatic rings. The SMILES string of the molecule is CCOC(=O)c1cc(CC)sc1NC(=O)C(N)CCOC. The summed E-state index contributed by atoms with van der Waals surface area (Å²) in [5.74, 6) is -0.767. The van der Waals surface area contributed by atoms with Gasteiger partial charge in [-0.1, -0.05) is 6.92 Å². The summed E-state index contributed by atoms with van der Waals surface area (Å²) in [6, 6.07) is 1.08. The molecular weight excluding hydrogens is 292 g/mol. The molecule has 1 amide bonds. The van der Waals surface area contributed by atoms with E-state index in [0.717, 1.165) is 11.3 Å². The molecule has 0 saturated carbocycles. The topological polar surface area (TPSA) is 90.7 Å². The molecule has 21 heavy (non-hydrogen) atoms. The van der Waals surface area contributed by atoms with Gasteiger partial charge in [-0.3, -0.25) is 4.79 Å². The fourth-order valence-electron chi connectivity index (χ4n) is 1.65. The summed E-state index contributed by atoms with van der Waals surface area (Å²) in [6.07, 6.45) is 1.20. The van der Waals surface area contributed by atoms with Crippen LogP contribution in [0.25, 0.3) is 0 Å². The third kappa shape index (κ3) is 5.11. The standard InChI is InChI=1S/C14H22N2O4S/c1-4-9-8-10(14(18)20-5-2)13(21-9)16-12(17)11(15)6-7-19-3/h8,11H,4-7,15H2,1-3H3,(H,16,17). The lowest BCUT2D eigenvalue weighted by Gasteiger charge is -2.11. The number of amides is 1. The molecule has 6 nitrogen and oxygen atoms in total. The minimum absolute atomic E-state index is 0.289. The maximum absolute atomic E-state index is 12.0. The van der Waals surface area contributed by atoms with Gasteiger partial charge in [-0.05, 0) is 25.8 Å². The summed E-state index contributed by atoms with van der Waals surface area (Å²) < 4.78 is 9.90. The first-order valence-electron chi connectivity index (χ1n) is 6.88. The molecule has 0 spiro atoms. The summed E-state index contributed by atoms with van der Waals surface area (Å²) in [6.45, 7) is 4.42. The van der Waals surface area contributed by atoms with E-state index in [0.29, 0.717) is 23.6 Å². The van der Waals surface area contributed by atoms with Gasteiger partial charge in [0.25, 0.3) is 0 Å². The van der Waals surface area contributed by atoms with Crippen LogP contribution in [0.1, 0.15) is 35.5 Å². The highest BCUT2D eigenvalue weighted by Gasteiger charge is 2.21. The van der Waals surface area contributed by atoms with Gasteiger partial charge < -0.3 is 20.5 Å². The lowest BCUT2D eigenvalue weighted by Crippen LogP contribution is -2.36. The second kappa shape index (κ2) is 8.76. The van der Waals surface area contributed by atoms with E-state index >= 15 is 0 Å². The maximum Gasteiger partial charge on any atom is 0.341 e. The summed E-state index contributed by atoms with van der Waals surface area (Å²) in [7, 11) is 1.55. The molecule has 0 saturated heterocycles. The van der Waals surface area contributed by atoms with E-state index in [9.17, 15) is 9.59 Å². The zero-order valence-corrected chi connectivity index (χ0v) is 13.4. The Bertz CT molecular complexity index is 487. The van der Waals surface area contributed by atoms with Gasteiger partial charge >= 0.3 is 5.97 Å². The van der Waals surface area contributed by atoms with E-state index in [4.69, 9.17) is 15.2 Å². The van der Waals surface area contributed by atoms with Crippen LogP contribution in [0, 0.1) is 0 Å². The molecule has 1 aromatic heterocycles. The van der Waals surface area contributed by atoms with Crippen molar-refractivity contribution in [3.8, 4) is 0 Å². The minimum Gasteiger partial charge on any atom is -0.462 e. The van der Waals surface area contributed by atoms with Crippen LogP contribution in [0.5, 0.6) is 0 Å². The van der Waals surface area contributed by atoms with Crippen molar-refractivity contribution in [1.29, 1.82) is 0 Å². The Hall–Kier alpha value is -1.44. The first-order chi connectivity index (χ1) is 10.0. The lowest BCUT2D eigenvalue weighted by molar-refractivity contribution is -0.117. The number of rotatable bonds is 8. The first-order valence-corrected chi connectivity index (χ1v) is 7.70. The maximum atomic E-state index is 12.0. The second-order valence-electron chi connectivity index (χ2n) is 4.41. The molecule has 1 unspecified atom stereocenters. The van der Waals surface area contributed by atoms with Gasteiger partial charge in [0.2, 0.25) is 5.91 Å². The van der Waals surface area contributed by atoms with E-state index in [2.05, 4.69) is 5.32 Å². The third-order valence-electron chi connectivity index (χ3n) is 2.83. The number of esters is 1. The van der Waals surface area contributed by atoms with Crippen LogP contribution in [0.2, 0.25) is 0 Å². The molecule has 1 atom stereocenters. The van der Waals surface area contributed by atoms with Gasteiger partial charge in [-0.25, -0.2) is 4.79 Å². The summed E-state index contributed by atoms with van der Waals surface area (Å²) in [4.78, 5) is 24.9. The van der Waals surface area contributed by atoms with Crippen LogP contribution in [-0.2, 0) is 20.7 Å². The average molecular weight is 314 g/mol. The summed E-state index contributed by atoms with van der Waals surface area (Å²) >= 11 is 1.36. The highest BCUT2D eigenvalue weighted by molar-refractivity contribution is 7.16. The van der Waals surface area contributed by atoms with E-state index in [-0.39, 0.29) is 12.5 Å². The smallest absolute Gasteiger partial charge is 0.341 e. The van der Waals surface area contributed by atoms with Crippen LogP contribution < -0.4 is 11.1 Å². The molecule has 0 aliphatic carbocycles. The van der Waals surface area contributed by atoms with Crippen LogP contribution in [-0.4, -0.2) is 38.2 Å². The number of thiophene rings is 1. The van der Waals surface area contributed by atoms with Crippen molar-refractivity contribution in [2.45, 2.75) is 32.7 Å². The van der Waals surface area contributed by atoms with E-state index in [1.165, 1.54) is 11.3 Å². The van der Waals surface area contributed by atoms with Gasteiger partial charge in [-0.2, -0.15) is 0 Å². The molecule has 118 valence electrons. The van der Waals surface area contributed by atoms with Crippen molar-refractivity contribution >= 4 is 28.2 Å². The molecule has 1 rings (SSSR count). The monoisotopic (exact) mass is 314 g/mol. The van der Waals surface area contributed by atoms with Gasteiger partial charge in [0.05, 0.1) is 18.2 Å². The molecule has 0 aliphatic rings. The number of nitrogens with two attached hydrogens (primary N) is 1. The number of anilines is 1. The lowest BCUT2D eigenvalue weighted by atomic mass is 10.2. The quantitative estimate of drug-likeness (QED) is 0.714.